The van der Waals surface area contributed by atoms with Gasteiger partial charge in [-0.05, 0) is 44.4 Å². The van der Waals surface area contributed by atoms with E-state index in [9.17, 15) is 4.79 Å². The van der Waals surface area contributed by atoms with E-state index in [1.165, 1.54) is 0 Å². The largest absolute Gasteiger partial charge is 0.493 e. The first-order chi connectivity index (χ1) is 9.52. The second-order valence-electron chi connectivity index (χ2n) is 4.78. The van der Waals surface area contributed by atoms with Crippen LogP contribution < -0.4 is 14.8 Å². The van der Waals surface area contributed by atoms with Crippen molar-refractivity contribution >= 4 is 5.91 Å². The summed E-state index contributed by atoms with van der Waals surface area (Å²) in [4.78, 5) is 11.6. The molecule has 0 aliphatic carbocycles. The molecular weight excluding hydrogens is 258 g/mol. The summed E-state index contributed by atoms with van der Waals surface area (Å²) in [7, 11) is 1.57. The highest BCUT2D eigenvalue weighted by Gasteiger charge is 2.07. The highest BCUT2D eigenvalue weighted by molar-refractivity contribution is 5.77. The second kappa shape index (κ2) is 8.43. The Labute approximate surface area is 119 Å². The molecule has 1 rings (SSSR count). The van der Waals surface area contributed by atoms with E-state index in [0.717, 1.165) is 12.0 Å². The molecule has 0 aliphatic heterocycles. The van der Waals surface area contributed by atoms with Crippen LogP contribution in [0.4, 0.5) is 0 Å². The molecule has 0 radical (unpaired) electrons. The minimum absolute atomic E-state index is 0.0475. The molecule has 1 aromatic rings. The fourth-order valence-electron chi connectivity index (χ4n) is 1.71. The van der Waals surface area contributed by atoms with Gasteiger partial charge in [-0.15, -0.1) is 0 Å². The Kier molecular flexibility index (Phi) is 6.87. The van der Waals surface area contributed by atoms with Crippen LogP contribution in [0.3, 0.4) is 0 Å². The number of aryl methyl sites for hydroxylation is 1. The first kappa shape index (κ1) is 16.3. The molecule has 0 aliphatic rings. The number of ether oxygens (including phenoxy) is 2. The predicted molar refractivity (Wildman–Crippen MR) is 77.2 cm³/mol. The van der Waals surface area contributed by atoms with E-state index >= 15 is 0 Å². The van der Waals surface area contributed by atoms with Crippen molar-refractivity contribution in [1.29, 1.82) is 0 Å². The summed E-state index contributed by atoms with van der Waals surface area (Å²) in [6.45, 7) is 4.18. The second-order valence-corrected chi connectivity index (χ2v) is 4.78. The molecule has 0 saturated carbocycles. The highest BCUT2D eigenvalue weighted by Crippen LogP contribution is 2.27. The summed E-state index contributed by atoms with van der Waals surface area (Å²) in [5.41, 5.74) is 1.07. The van der Waals surface area contributed by atoms with Crippen LogP contribution in [-0.2, 0) is 4.79 Å². The number of benzene rings is 1. The first-order valence-electron chi connectivity index (χ1n) is 6.75. The van der Waals surface area contributed by atoms with Gasteiger partial charge in [0.15, 0.2) is 18.1 Å². The van der Waals surface area contributed by atoms with Crippen molar-refractivity contribution in [2.24, 2.45) is 0 Å². The van der Waals surface area contributed by atoms with Crippen LogP contribution in [0.1, 0.15) is 25.3 Å². The quantitative estimate of drug-likeness (QED) is 0.711. The number of hydrogen-bond acceptors (Lipinski definition) is 4. The minimum atomic E-state index is -0.333. The smallest absolute Gasteiger partial charge is 0.257 e. The van der Waals surface area contributed by atoms with Crippen LogP contribution >= 0.6 is 0 Å². The van der Waals surface area contributed by atoms with Crippen molar-refractivity contribution in [3.8, 4) is 11.5 Å². The number of amides is 1. The molecule has 0 fully saturated rings. The van der Waals surface area contributed by atoms with Crippen LogP contribution in [0, 0.1) is 6.92 Å². The fourth-order valence-corrected chi connectivity index (χ4v) is 1.71. The van der Waals surface area contributed by atoms with Crippen molar-refractivity contribution in [1.82, 2.24) is 5.32 Å². The van der Waals surface area contributed by atoms with Gasteiger partial charge in [-0.3, -0.25) is 4.79 Å². The van der Waals surface area contributed by atoms with Crippen molar-refractivity contribution in [3.05, 3.63) is 23.8 Å². The number of nitrogens with one attached hydrogen (secondary N) is 1. The van der Waals surface area contributed by atoms with E-state index < -0.39 is 0 Å². The van der Waals surface area contributed by atoms with Crippen LogP contribution in [0.5, 0.6) is 11.5 Å². The highest BCUT2D eigenvalue weighted by atomic mass is 16.5. The maximum Gasteiger partial charge on any atom is 0.257 e. The van der Waals surface area contributed by atoms with Gasteiger partial charge in [-0.2, -0.15) is 0 Å². The average Bonchev–Trinajstić information content (AvgIpc) is 2.41. The number of hydrogen-bond donors (Lipinski definition) is 2. The summed E-state index contributed by atoms with van der Waals surface area (Å²) < 4.78 is 10.6. The third kappa shape index (κ3) is 5.93. The van der Waals surface area contributed by atoms with Gasteiger partial charge in [0, 0.05) is 6.54 Å². The van der Waals surface area contributed by atoms with Crippen LogP contribution in [0.2, 0.25) is 0 Å². The molecule has 1 amide bonds. The Bertz CT molecular complexity index is 432. The summed E-state index contributed by atoms with van der Waals surface area (Å²) in [6.07, 6.45) is 1.09. The number of methoxy groups -OCH3 is 1. The van der Waals surface area contributed by atoms with Gasteiger partial charge >= 0.3 is 0 Å². The first-order valence-corrected chi connectivity index (χ1v) is 6.75. The van der Waals surface area contributed by atoms with Crippen molar-refractivity contribution < 1.29 is 19.4 Å². The van der Waals surface area contributed by atoms with E-state index in [1.54, 1.807) is 20.1 Å². The number of rotatable bonds is 8. The van der Waals surface area contributed by atoms with Gasteiger partial charge < -0.3 is 19.9 Å². The normalized spacial score (nSPS) is 11.8. The number of aliphatic hydroxyl groups excluding tert-OH is 1. The third-order valence-electron chi connectivity index (χ3n) is 2.80. The molecule has 0 heterocycles. The standard InChI is InChI=1S/C15H23NO4/c1-11-6-7-13(14(9-11)19-3)20-10-15(18)16-8-4-5-12(2)17/h6-7,9,12,17H,4-5,8,10H2,1-3H3,(H,16,18). The average molecular weight is 281 g/mol. The van der Waals surface area contributed by atoms with Crippen molar-refractivity contribution in [3.63, 3.8) is 0 Å². The lowest BCUT2D eigenvalue weighted by Gasteiger charge is -2.11. The minimum Gasteiger partial charge on any atom is -0.493 e. The van der Waals surface area contributed by atoms with E-state index in [0.29, 0.717) is 24.5 Å². The molecule has 0 spiro atoms. The molecule has 1 atom stereocenters. The molecule has 112 valence electrons. The van der Waals surface area contributed by atoms with Crippen molar-refractivity contribution in [2.45, 2.75) is 32.8 Å². The summed E-state index contributed by atoms with van der Waals surface area (Å²) in [5, 5.41) is 11.8. The molecule has 0 bridgehead atoms. The number of carbonyl (C=O) groups is 1. The lowest BCUT2D eigenvalue weighted by molar-refractivity contribution is -0.123. The zero-order valence-corrected chi connectivity index (χ0v) is 12.3. The molecule has 5 heteroatoms. The molecule has 1 unspecified atom stereocenters. The van der Waals surface area contributed by atoms with Crippen LogP contribution in [0.15, 0.2) is 18.2 Å². The lowest BCUT2D eigenvalue weighted by atomic mass is 10.2. The molecule has 20 heavy (non-hydrogen) atoms. The summed E-state index contributed by atoms with van der Waals surface area (Å²) in [5.74, 6) is 0.988. The monoisotopic (exact) mass is 281 g/mol. The molecule has 5 nitrogen and oxygen atoms in total. The Morgan fingerprint density at radius 1 is 1.40 bits per heavy atom. The third-order valence-corrected chi connectivity index (χ3v) is 2.80. The Hall–Kier alpha value is -1.75. The summed E-state index contributed by atoms with van der Waals surface area (Å²) in [6, 6.07) is 5.54. The van der Waals surface area contributed by atoms with Gasteiger partial charge in [0.05, 0.1) is 13.2 Å². The zero-order valence-electron chi connectivity index (χ0n) is 12.3. The van der Waals surface area contributed by atoms with Crippen LogP contribution in [-0.4, -0.2) is 37.4 Å². The SMILES string of the molecule is COc1cc(C)ccc1OCC(=O)NCCCC(C)O. The van der Waals surface area contributed by atoms with Crippen LogP contribution in [0.25, 0.3) is 0 Å². The van der Waals surface area contributed by atoms with Gasteiger partial charge in [-0.1, -0.05) is 6.07 Å². The van der Waals surface area contributed by atoms with E-state index in [1.807, 2.05) is 19.1 Å². The fraction of sp³-hybridized carbons (Fsp3) is 0.533. The maximum atomic E-state index is 11.6. The zero-order chi connectivity index (χ0) is 15.0. The van der Waals surface area contributed by atoms with E-state index in [2.05, 4.69) is 5.32 Å². The maximum absolute atomic E-state index is 11.6. The number of carbonyl (C=O) groups excluding carboxylic acids is 1. The predicted octanol–water partition coefficient (Wildman–Crippen LogP) is 1.66. The van der Waals surface area contributed by atoms with Gasteiger partial charge in [0.2, 0.25) is 0 Å². The topological polar surface area (TPSA) is 67.8 Å². The Balaban J connectivity index is 2.34. The summed E-state index contributed by atoms with van der Waals surface area (Å²) >= 11 is 0. The van der Waals surface area contributed by atoms with Crippen molar-refractivity contribution in [2.75, 3.05) is 20.3 Å². The van der Waals surface area contributed by atoms with Gasteiger partial charge in [-0.25, -0.2) is 0 Å². The van der Waals surface area contributed by atoms with Gasteiger partial charge in [0.25, 0.3) is 5.91 Å². The van der Waals surface area contributed by atoms with E-state index in [4.69, 9.17) is 14.6 Å². The Morgan fingerprint density at radius 2 is 2.15 bits per heavy atom. The molecular formula is C15H23NO4. The molecule has 0 aromatic heterocycles. The molecule has 2 N–H and O–H groups in total. The van der Waals surface area contributed by atoms with Gasteiger partial charge in [0.1, 0.15) is 0 Å². The molecule has 1 aromatic carbocycles. The Morgan fingerprint density at radius 3 is 2.80 bits per heavy atom. The lowest BCUT2D eigenvalue weighted by Crippen LogP contribution is -2.30. The molecule has 0 saturated heterocycles. The number of aliphatic hydroxyl groups is 1. The van der Waals surface area contributed by atoms with E-state index in [-0.39, 0.29) is 18.6 Å².